The highest BCUT2D eigenvalue weighted by atomic mass is 35.5. The third-order valence-electron chi connectivity index (χ3n) is 2.14. The van der Waals surface area contributed by atoms with Gasteiger partial charge in [-0.2, -0.15) is 0 Å². The second kappa shape index (κ2) is 4.06. The van der Waals surface area contributed by atoms with E-state index in [0.717, 1.165) is 11.0 Å². The molecule has 0 aromatic carbocycles. The van der Waals surface area contributed by atoms with Crippen molar-refractivity contribution in [2.75, 3.05) is 13.6 Å². The molecule has 0 N–H and O–H groups in total. The van der Waals surface area contributed by atoms with Gasteiger partial charge in [0.05, 0.1) is 19.8 Å². The molecule has 1 rings (SSSR count). The van der Waals surface area contributed by atoms with E-state index in [1.807, 2.05) is 6.20 Å². The average Bonchev–Trinajstić information content (AvgIpc) is 2.11. The van der Waals surface area contributed by atoms with E-state index in [1.54, 1.807) is 0 Å². The normalized spacial score (nSPS) is 27.2. The van der Waals surface area contributed by atoms with Crippen LogP contribution in [0.2, 0.25) is 0 Å². The molecule has 0 saturated heterocycles. The summed E-state index contributed by atoms with van der Waals surface area (Å²) in [5.41, 5.74) is 0. The zero-order valence-electron chi connectivity index (χ0n) is 8.21. The van der Waals surface area contributed by atoms with Crippen LogP contribution >= 0.6 is 0 Å². The minimum absolute atomic E-state index is 0. The lowest BCUT2D eigenvalue weighted by molar-refractivity contribution is -0.768. The molecule has 0 radical (unpaired) electrons. The Kier molecular flexibility index (Phi) is 3.94. The molecule has 0 saturated carbocycles. The smallest absolute Gasteiger partial charge is 0.204 e. The number of hydrogen-bond donors (Lipinski definition) is 0. The number of rotatable bonds is 2. The fourth-order valence-electron chi connectivity index (χ4n) is 1.48. The third-order valence-corrected chi connectivity index (χ3v) is 2.14. The Bertz CT molecular complexity index is 209. The third kappa shape index (κ3) is 2.32. The first-order chi connectivity index (χ1) is 5.04. The maximum atomic E-state index is 4.25. The number of quaternary nitrogens is 1. The Hall–Kier alpha value is -0.340. The van der Waals surface area contributed by atoms with Gasteiger partial charge in [0.25, 0.3) is 0 Å². The van der Waals surface area contributed by atoms with E-state index in [0.29, 0.717) is 5.92 Å². The maximum Gasteiger partial charge on any atom is 0.204 e. The Balaban J connectivity index is 0.00000121. The highest BCUT2D eigenvalue weighted by molar-refractivity contribution is 5.75. The highest BCUT2D eigenvalue weighted by Gasteiger charge is 2.27. The van der Waals surface area contributed by atoms with Gasteiger partial charge in [-0.3, -0.25) is 4.48 Å². The number of halogens is 1. The molecule has 1 atom stereocenters. The van der Waals surface area contributed by atoms with Crippen molar-refractivity contribution in [3.05, 3.63) is 12.4 Å². The average molecular weight is 189 g/mol. The molecule has 1 aliphatic heterocycles. The van der Waals surface area contributed by atoms with E-state index < -0.39 is 0 Å². The number of amidine groups is 1. The molecule has 1 aliphatic rings. The van der Waals surface area contributed by atoms with E-state index in [1.165, 1.54) is 5.84 Å². The van der Waals surface area contributed by atoms with E-state index >= 15 is 0 Å². The minimum Gasteiger partial charge on any atom is -1.00 e. The first-order valence-corrected chi connectivity index (χ1v) is 4.12. The molecular weight excluding hydrogens is 172 g/mol. The predicted octanol–water partition coefficient (Wildman–Crippen LogP) is -1.00. The van der Waals surface area contributed by atoms with Crippen LogP contribution in [0.3, 0.4) is 0 Å². The van der Waals surface area contributed by atoms with Gasteiger partial charge in [0.15, 0.2) is 0 Å². The molecule has 12 heavy (non-hydrogen) atoms. The topological polar surface area (TPSA) is 12.4 Å². The fourth-order valence-corrected chi connectivity index (χ4v) is 1.48. The molecule has 0 aliphatic carbocycles. The van der Waals surface area contributed by atoms with Crippen LogP contribution < -0.4 is 12.4 Å². The second-order valence-corrected chi connectivity index (χ2v) is 3.82. The zero-order chi connectivity index (χ0) is 8.48. The first kappa shape index (κ1) is 11.7. The molecule has 0 aromatic heterocycles. The van der Waals surface area contributed by atoms with Crippen LogP contribution in [0.5, 0.6) is 0 Å². The molecule has 70 valence electrons. The summed E-state index contributed by atoms with van der Waals surface area (Å²) in [7, 11) is 2.20. The van der Waals surface area contributed by atoms with E-state index in [-0.39, 0.29) is 12.4 Å². The van der Waals surface area contributed by atoms with Crippen LogP contribution in [0.4, 0.5) is 0 Å². The quantitative estimate of drug-likeness (QED) is 0.493. The summed E-state index contributed by atoms with van der Waals surface area (Å²) in [4.78, 5) is 4.25. The zero-order valence-corrected chi connectivity index (χ0v) is 8.97. The van der Waals surface area contributed by atoms with E-state index in [4.69, 9.17) is 0 Å². The molecule has 3 heteroatoms. The van der Waals surface area contributed by atoms with Crippen LogP contribution in [-0.2, 0) is 0 Å². The number of aliphatic imine (C=N–C) groups is 1. The van der Waals surface area contributed by atoms with Crippen molar-refractivity contribution in [2.45, 2.75) is 20.8 Å². The Morgan fingerprint density at radius 3 is 2.42 bits per heavy atom. The monoisotopic (exact) mass is 188 g/mol. The first-order valence-electron chi connectivity index (χ1n) is 4.12. The molecule has 0 fully saturated rings. The summed E-state index contributed by atoms with van der Waals surface area (Å²) in [5.74, 6) is 1.91. The lowest BCUT2D eigenvalue weighted by atomic mass is 10.2. The van der Waals surface area contributed by atoms with Crippen molar-refractivity contribution in [3.63, 3.8) is 0 Å². The lowest BCUT2D eigenvalue weighted by Crippen LogP contribution is -3.00. The van der Waals surface area contributed by atoms with Crippen LogP contribution in [0.15, 0.2) is 17.4 Å². The van der Waals surface area contributed by atoms with Gasteiger partial charge in [-0.1, -0.05) is 13.8 Å². The summed E-state index contributed by atoms with van der Waals surface area (Å²) in [6, 6.07) is 0. The van der Waals surface area contributed by atoms with Gasteiger partial charge in [0, 0.05) is 12.8 Å². The number of hydrogen-bond acceptors (Lipinski definition) is 1. The van der Waals surface area contributed by atoms with Crippen molar-refractivity contribution in [3.8, 4) is 0 Å². The van der Waals surface area contributed by atoms with Crippen LogP contribution in [0.1, 0.15) is 20.8 Å². The van der Waals surface area contributed by atoms with Crippen molar-refractivity contribution in [1.82, 2.24) is 0 Å². The predicted molar refractivity (Wildman–Crippen MR) is 48.1 cm³/mol. The van der Waals surface area contributed by atoms with E-state index in [2.05, 4.69) is 39.0 Å². The summed E-state index contributed by atoms with van der Waals surface area (Å²) < 4.78 is 0.887. The van der Waals surface area contributed by atoms with Crippen molar-refractivity contribution in [1.29, 1.82) is 0 Å². The molecule has 0 bridgehead atoms. The Morgan fingerprint density at radius 1 is 1.50 bits per heavy atom. The van der Waals surface area contributed by atoms with Gasteiger partial charge in [0.1, 0.15) is 6.20 Å². The molecule has 1 heterocycles. The largest absolute Gasteiger partial charge is 1.00 e. The molecular formula is C9H17ClN2. The summed E-state index contributed by atoms with van der Waals surface area (Å²) in [6.07, 6.45) is 4.05. The van der Waals surface area contributed by atoms with Gasteiger partial charge < -0.3 is 12.4 Å². The second-order valence-electron chi connectivity index (χ2n) is 3.82. The number of nitrogens with zero attached hydrogens (tertiary/aromatic N) is 2. The summed E-state index contributed by atoms with van der Waals surface area (Å²) >= 11 is 0. The van der Waals surface area contributed by atoms with Gasteiger partial charge >= 0.3 is 0 Å². The molecule has 0 spiro atoms. The van der Waals surface area contributed by atoms with Crippen molar-refractivity contribution < 1.29 is 16.9 Å². The standard InChI is InChI=1S/C9H17N2.ClH/c1-8(2)7-11(4)6-5-10-9(11)3;/h5-6,8H,7H2,1-4H3;1H/q+1;/p-1. The molecule has 0 amide bonds. The summed E-state index contributed by atoms with van der Waals surface area (Å²) in [6.45, 7) is 7.71. The van der Waals surface area contributed by atoms with Crippen molar-refractivity contribution >= 4 is 5.84 Å². The highest BCUT2D eigenvalue weighted by Crippen LogP contribution is 2.15. The lowest BCUT2D eigenvalue weighted by Gasteiger charge is -2.27. The SMILES string of the molecule is CC1=NC=C[N+]1(C)CC(C)C.[Cl-]. The van der Waals surface area contributed by atoms with Gasteiger partial charge in [-0.15, -0.1) is 0 Å². The fraction of sp³-hybridized carbons (Fsp3) is 0.667. The van der Waals surface area contributed by atoms with Gasteiger partial charge in [-0.25, -0.2) is 4.99 Å². The molecule has 0 aromatic rings. The van der Waals surface area contributed by atoms with Gasteiger partial charge in [0.2, 0.25) is 5.84 Å². The van der Waals surface area contributed by atoms with E-state index in [9.17, 15) is 0 Å². The minimum atomic E-state index is 0. The van der Waals surface area contributed by atoms with Crippen LogP contribution in [-0.4, -0.2) is 23.9 Å². The molecule has 2 nitrogen and oxygen atoms in total. The maximum absolute atomic E-state index is 4.25. The van der Waals surface area contributed by atoms with Crippen molar-refractivity contribution in [2.24, 2.45) is 10.9 Å². The van der Waals surface area contributed by atoms with Crippen LogP contribution in [0, 0.1) is 5.92 Å². The molecule has 1 unspecified atom stereocenters. The van der Waals surface area contributed by atoms with Crippen LogP contribution in [0.25, 0.3) is 0 Å². The Labute approximate surface area is 81.0 Å². The Morgan fingerprint density at radius 2 is 2.08 bits per heavy atom. The van der Waals surface area contributed by atoms with Gasteiger partial charge in [-0.05, 0) is 0 Å². The summed E-state index contributed by atoms with van der Waals surface area (Å²) in [5, 5.41) is 0.